The number of ketones is 2. The maximum atomic E-state index is 13.6. The Morgan fingerprint density at radius 2 is 1.40 bits per heavy atom. The fraction of sp³-hybridized carbons (Fsp3) is 0. The van der Waals surface area contributed by atoms with Gasteiger partial charge in [0.25, 0.3) is 0 Å². The highest BCUT2D eigenvalue weighted by Gasteiger charge is 2.39. The second kappa shape index (κ2) is 4.80. The quantitative estimate of drug-likeness (QED) is 0.361. The zero-order valence-corrected chi connectivity index (χ0v) is 12.9. The standard InChI is InChI=1S/C21H10FNO2/c22-11-7-8-14-16(10-11)21(25)18(20(14)24)17-12-4-1-2-5-13(12)19-15(17)6-3-9-23-19/h1-10H/b18-17+. The number of halogens is 1. The minimum absolute atomic E-state index is 0.0970. The molecule has 2 aliphatic rings. The molecule has 0 saturated carbocycles. The van der Waals surface area contributed by atoms with E-state index in [-0.39, 0.29) is 22.5 Å². The number of Topliss-reactive ketones (excluding diaryl/α,β-unsaturated/α-hetero) is 2. The number of allylic oxidation sites excluding steroid dienone is 1. The van der Waals surface area contributed by atoms with Gasteiger partial charge < -0.3 is 0 Å². The Kier molecular flexibility index (Phi) is 2.69. The van der Waals surface area contributed by atoms with Crippen molar-refractivity contribution in [3.63, 3.8) is 0 Å². The van der Waals surface area contributed by atoms with E-state index >= 15 is 0 Å². The molecule has 0 saturated heterocycles. The molecule has 25 heavy (non-hydrogen) atoms. The molecule has 0 fully saturated rings. The van der Waals surface area contributed by atoms with E-state index in [1.54, 1.807) is 12.3 Å². The molecule has 0 atom stereocenters. The van der Waals surface area contributed by atoms with Gasteiger partial charge in [0.05, 0.1) is 11.3 Å². The number of benzene rings is 2. The van der Waals surface area contributed by atoms with Gasteiger partial charge in [-0.15, -0.1) is 0 Å². The summed E-state index contributed by atoms with van der Waals surface area (Å²) in [6, 6.07) is 14.9. The first-order valence-corrected chi connectivity index (χ1v) is 7.85. The van der Waals surface area contributed by atoms with Gasteiger partial charge in [0.2, 0.25) is 0 Å². The molecule has 2 aliphatic carbocycles. The molecule has 4 heteroatoms. The van der Waals surface area contributed by atoms with E-state index in [9.17, 15) is 14.0 Å². The first-order chi connectivity index (χ1) is 12.2. The predicted molar refractivity (Wildman–Crippen MR) is 90.8 cm³/mol. The first-order valence-electron chi connectivity index (χ1n) is 7.85. The molecule has 0 N–H and O–H groups in total. The van der Waals surface area contributed by atoms with Crippen LogP contribution in [0.3, 0.4) is 0 Å². The Hall–Kier alpha value is -3.40. The van der Waals surface area contributed by atoms with Crippen molar-refractivity contribution >= 4 is 17.1 Å². The van der Waals surface area contributed by atoms with Crippen LogP contribution >= 0.6 is 0 Å². The summed E-state index contributed by atoms with van der Waals surface area (Å²) in [6.45, 7) is 0. The van der Waals surface area contributed by atoms with Gasteiger partial charge in [0, 0.05) is 34.0 Å². The molecule has 0 unspecified atom stereocenters. The second-order valence-electron chi connectivity index (χ2n) is 6.04. The zero-order chi connectivity index (χ0) is 17.1. The Morgan fingerprint density at radius 1 is 0.680 bits per heavy atom. The third kappa shape index (κ3) is 1.76. The van der Waals surface area contributed by atoms with Gasteiger partial charge in [-0.2, -0.15) is 0 Å². The molecule has 2 aromatic carbocycles. The normalized spacial score (nSPS) is 17.5. The third-order valence-electron chi connectivity index (χ3n) is 4.70. The van der Waals surface area contributed by atoms with Crippen LogP contribution in [-0.4, -0.2) is 16.6 Å². The molecule has 1 aromatic heterocycles. The van der Waals surface area contributed by atoms with Gasteiger partial charge >= 0.3 is 0 Å². The van der Waals surface area contributed by atoms with E-state index in [1.165, 1.54) is 12.1 Å². The van der Waals surface area contributed by atoms with Crippen molar-refractivity contribution < 1.29 is 14.0 Å². The van der Waals surface area contributed by atoms with Gasteiger partial charge in [-0.25, -0.2) is 4.39 Å². The number of rotatable bonds is 0. The summed E-state index contributed by atoms with van der Waals surface area (Å²) in [7, 11) is 0. The summed E-state index contributed by atoms with van der Waals surface area (Å²) in [5, 5.41) is 0. The Labute approximate surface area is 142 Å². The van der Waals surface area contributed by atoms with Crippen LogP contribution in [0.5, 0.6) is 0 Å². The van der Waals surface area contributed by atoms with Crippen molar-refractivity contribution in [1.29, 1.82) is 0 Å². The average Bonchev–Trinajstić information content (AvgIpc) is 3.08. The molecule has 0 radical (unpaired) electrons. The topological polar surface area (TPSA) is 47.0 Å². The number of carbonyl (C=O) groups is 2. The molecule has 0 bridgehead atoms. The number of hydrogen-bond acceptors (Lipinski definition) is 3. The number of nitrogens with zero attached hydrogens (tertiary/aromatic N) is 1. The van der Waals surface area contributed by atoms with Gasteiger partial charge in [-0.3, -0.25) is 14.6 Å². The van der Waals surface area contributed by atoms with Crippen molar-refractivity contribution in [2.24, 2.45) is 0 Å². The maximum Gasteiger partial charge on any atom is 0.198 e. The lowest BCUT2D eigenvalue weighted by molar-refractivity contribution is 0.0990. The number of fused-ring (bicyclic) bond motifs is 4. The SMILES string of the molecule is O=C1/C(=C2/c3ccccc3-c3ncccc32)C(=O)c2cc(F)ccc21. The molecule has 0 aliphatic heterocycles. The Balaban J connectivity index is 1.87. The van der Waals surface area contributed by atoms with Crippen LogP contribution in [0.15, 0.2) is 66.4 Å². The molecule has 3 aromatic rings. The third-order valence-corrected chi connectivity index (χ3v) is 4.70. The van der Waals surface area contributed by atoms with E-state index in [0.29, 0.717) is 5.57 Å². The highest BCUT2D eigenvalue weighted by molar-refractivity contribution is 6.43. The van der Waals surface area contributed by atoms with Crippen molar-refractivity contribution in [2.45, 2.75) is 0 Å². The fourth-order valence-corrected chi connectivity index (χ4v) is 3.65. The summed E-state index contributed by atoms with van der Waals surface area (Å²) in [6.07, 6.45) is 1.69. The lowest BCUT2D eigenvalue weighted by Gasteiger charge is -2.05. The van der Waals surface area contributed by atoms with Crippen LogP contribution in [-0.2, 0) is 0 Å². The molecule has 1 heterocycles. The largest absolute Gasteiger partial charge is 0.288 e. The van der Waals surface area contributed by atoms with Crippen LogP contribution in [0.2, 0.25) is 0 Å². The summed E-state index contributed by atoms with van der Waals surface area (Å²) < 4.78 is 13.6. The molecule has 3 nitrogen and oxygen atoms in total. The summed E-state index contributed by atoms with van der Waals surface area (Å²) in [5.41, 5.74) is 4.28. The number of hydrogen-bond donors (Lipinski definition) is 0. The number of pyridine rings is 1. The van der Waals surface area contributed by atoms with Crippen LogP contribution in [0.25, 0.3) is 16.8 Å². The van der Waals surface area contributed by atoms with E-state index in [2.05, 4.69) is 4.98 Å². The number of carbonyl (C=O) groups excluding carboxylic acids is 2. The lowest BCUT2D eigenvalue weighted by Crippen LogP contribution is -2.05. The predicted octanol–water partition coefficient (Wildman–Crippen LogP) is 4.08. The van der Waals surface area contributed by atoms with Gasteiger partial charge in [-0.05, 0) is 29.8 Å². The van der Waals surface area contributed by atoms with Crippen LogP contribution < -0.4 is 0 Å². The van der Waals surface area contributed by atoms with Crippen molar-refractivity contribution in [3.8, 4) is 11.3 Å². The average molecular weight is 327 g/mol. The minimum Gasteiger partial charge on any atom is -0.288 e. The Bertz CT molecular complexity index is 1100. The molecule has 0 amide bonds. The molecule has 0 spiro atoms. The van der Waals surface area contributed by atoms with Gasteiger partial charge in [0.15, 0.2) is 11.6 Å². The number of aromatic nitrogens is 1. The smallest absolute Gasteiger partial charge is 0.198 e. The highest BCUT2D eigenvalue weighted by atomic mass is 19.1. The van der Waals surface area contributed by atoms with Crippen molar-refractivity contribution in [2.75, 3.05) is 0 Å². The maximum absolute atomic E-state index is 13.6. The minimum atomic E-state index is -0.528. The fourth-order valence-electron chi connectivity index (χ4n) is 3.65. The summed E-state index contributed by atoms with van der Waals surface area (Å²) in [4.78, 5) is 30.2. The van der Waals surface area contributed by atoms with Crippen LogP contribution in [0, 0.1) is 5.82 Å². The van der Waals surface area contributed by atoms with Crippen LogP contribution in [0.4, 0.5) is 4.39 Å². The molecule has 118 valence electrons. The monoisotopic (exact) mass is 327 g/mol. The molecular formula is C21H10FNO2. The van der Waals surface area contributed by atoms with Gasteiger partial charge in [-0.1, -0.05) is 30.3 Å². The van der Waals surface area contributed by atoms with Crippen molar-refractivity contribution in [1.82, 2.24) is 4.98 Å². The van der Waals surface area contributed by atoms with Crippen LogP contribution in [0.1, 0.15) is 31.8 Å². The molecule has 5 rings (SSSR count). The highest BCUT2D eigenvalue weighted by Crippen LogP contribution is 2.46. The van der Waals surface area contributed by atoms with Gasteiger partial charge in [0.1, 0.15) is 5.82 Å². The second-order valence-corrected chi connectivity index (χ2v) is 6.04. The first kappa shape index (κ1) is 14.0. The zero-order valence-electron chi connectivity index (χ0n) is 12.9. The van der Waals surface area contributed by atoms with Crippen molar-refractivity contribution in [3.05, 3.63) is 94.4 Å². The van der Waals surface area contributed by atoms with E-state index in [0.717, 1.165) is 28.5 Å². The van der Waals surface area contributed by atoms with E-state index < -0.39 is 11.6 Å². The Morgan fingerprint density at radius 3 is 2.24 bits per heavy atom. The van der Waals surface area contributed by atoms with E-state index in [1.807, 2.05) is 30.3 Å². The van der Waals surface area contributed by atoms with E-state index in [4.69, 9.17) is 0 Å². The molecular weight excluding hydrogens is 317 g/mol. The summed E-state index contributed by atoms with van der Waals surface area (Å²) >= 11 is 0. The summed E-state index contributed by atoms with van der Waals surface area (Å²) in [5.74, 6) is -1.32. The lowest BCUT2D eigenvalue weighted by atomic mass is 9.95.